The molecule has 78 valence electrons. The highest BCUT2D eigenvalue weighted by molar-refractivity contribution is 5.75. The molecule has 1 rings (SSSR count). The van der Waals surface area contributed by atoms with Gasteiger partial charge in [-0.15, -0.1) is 0 Å². The molecule has 0 aliphatic rings. The van der Waals surface area contributed by atoms with E-state index >= 15 is 0 Å². The van der Waals surface area contributed by atoms with E-state index in [4.69, 9.17) is 0 Å². The van der Waals surface area contributed by atoms with Gasteiger partial charge in [-0.3, -0.25) is 9.48 Å². The maximum Gasteiger partial charge on any atom is 0.435 e. The summed E-state index contributed by atoms with van der Waals surface area (Å²) in [4.78, 5) is 10.6. The first-order chi connectivity index (χ1) is 6.39. The zero-order chi connectivity index (χ0) is 10.8. The molecule has 0 unspecified atom stereocenters. The van der Waals surface area contributed by atoms with Crippen molar-refractivity contribution < 1.29 is 18.0 Å². The average Bonchev–Trinajstić information content (AvgIpc) is 2.47. The summed E-state index contributed by atoms with van der Waals surface area (Å²) in [5.74, 6) is -0.0749. The fourth-order valence-electron chi connectivity index (χ4n) is 0.909. The van der Waals surface area contributed by atoms with Crippen molar-refractivity contribution in [2.45, 2.75) is 26.1 Å². The molecule has 0 saturated carbocycles. The summed E-state index contributed by atoms with van der Waals surface area (Å²) in [5, 5.41) is 3.29. The quantitative estimate of drug-likeness (QED) is 0.756. The number of hydrogen-bond donors (Lipinski definition) is 0. The number of aromatic nitrogens is 2. The minimum absolute atomic E-state index is 0.0749. The number of carbonyl (C=O) groups is 1. The number of hydrogen-bond acceptors (Lipinski definition) is 2. The van der Waals surface area contributed by atoms with Crippen molar-refractivity contribution in [2.75, 3.05) is 0 Å². The minimum Gasteiger partial charge on any atom is -0.300 e. The first-order valence-electron chi connectivity index (χ1n) is 3.99. The maximum atomic E-state index is 12.1. The van der Waals surface area contributed by atoms with Crippen molar-refractivity contribution in [2.24, 2.45) is 0 Å². The second-order valence-corrected chi connectivity index (χ2v) is 2.91. The molecule has 0 fully saturated rings. The lowest BCUT2D eigenvalue weighted by atomic mass is 10.3. The standard InChI is InChI=1S/C8H9F3N2O/c1-6(14)2-4-13-5-3-7(12-13)8(9,10)11/h3,5H,2,4H2,1H3. The van der Waals surface area contributed by atoms with E-state index in [9.17, 15) is 18.0 Å². The Balaban J connectivity index is 2.64. The van der Waals surface area contributed by atoms with Crippen LogP contribution in [0.5, 0.6) is 0 Å². The number of aryl methyl sites for hydroxylation is 1. The van der Waals surface area contributed by atoms with Gasteiger partial charge in [0.2, 0.25) is 0 Å². The van der Waals surface area contributed by atoms with Crippen LogP contribution in [0.15, 0.2) is 12.3 Å². The first-order valence-corrected chi connectivity index (χ1v) is 3.99. The number of carbonyl (C=O) groups excluding carboxylic acids is 1. The highest BCUT2D eigenvalue weighted by Crippen LogP contribution is 2.27. The zero-order valence-electron chi connectivity index (χ0n) is 7.51. The number of alkyl halides is 3. The summed E-state index contributed by atoms with van der Waals surface area (Å²) in [5.41, 5.74) is -0.930. The third-order valence-electron chi connectivity index (χ3n) is 1.62. The molecule has 0 amide bonds. The third-order valence-corrected chi connectivity index (χ3v) is 1.62. The van der Waals surface area contributed by atoms with Crippen LogP contribution in [0.3, 0.4) is 0 Å². The number of Topliss-reactive ketones (excluding diaryl/α,β-unsaturated/α-hetero) is 1. The Morgan fingerprint density at radius 1 is 1.57 bits per heavy atom. The van der Waals surface area contributed by atoms with E-state index in [-0.39, 0.29) is 18.7 Å². The number of rotatable bonds is 3. The summed E-state index contributed by atoms with van der Waals surface area (Å²) < 4.78 is 37.3. The summed E-state index contributed by atoms with van der Waals surface area (Å²) in [6.07, 6.45) is -3.01. The highest BCUT2D eigenvalue weighted by Gasteiger charge is 2.33. The Morgan fingerprint density at radius 3 is 2.64 bits per heavy atom. The Labute approximate surface area is 78.5 Å². The monoisotopic (exact) mass is 206 g/mol. The Kier molecular flexibility index (Phi) is 2.93. The molecule has 0 radical (unpaired) electrons. The number of ketones is 1. The predicted octanol–water partition coefficient (Wildman–Crippen LogP) is 1.88. The largest absolute Gasteiger partial charge is 0.435 e. The lowest BCUT2D eigenvalue weighted by Crippen LogP contribution is -2.09. The van der Waals surface area contributed by atoms with Crippen LogP contribution < -0.4 is 0 Å². The molecule has 0 spiro atoms. The molecule has 14 heavy (non-hydrogen) atoms. The van der Waals surface area contributed by atoms with Gasteiger partial charge in [-0.05, 0) is 13.0 Å². The molecule has 0 N–H and O–H groups in total. The van der Waals surface area contributed by atoms with Crippen LogP contribution in [0, 0.1) is 0 Å². The molecular formula is C8H9F3N2O. The lowest BCUT2D eigenvalue weighted by molar-refractivity contribution is -0.141. The van der Waals surface area contributed by atoms with Crippen molar-refractivity contribution in [3.63, 3.8) is 0 Å². The van der Waals surface area contributed by atoms with E-state index in [0.717, 1.165) is 10.7 Å². The summed E-state index contributed by atoms with van der Waals surface area (Å²) in [7, 11) is 0. The SMILES string of the molecule is CC(=O)CCn1ccc(C(F)(F)F)n1. The molecule has 3 nitrogen and oxygen atoms in total. The van der Waals surface area contributed by atoms with Crippen molar-refractivity contribution in [3.8, 4) is 0 Å². The summed E-state index contributed by atoms with van der Waals surface area (Å²) in [6, 6.07) is 0.889. The molecule has 0 saturated heterocycles. The van der Waals surface area contributed by atoms with Gasteiger partial charge in [-0.2, -0.15) is 18.3 Å². The second-order valence-electron chi connectivity index (χ2n) is 2.91. The van der Waals surface area contributed by atoms with E-state index in [1.165, 1.54) is 13.1 Å². The molecule has 0 aliphatic heterocycles. The van der Waals surface area contributed by atoms with Gasteiger partial charge in [-0.25, -0.2) is 0 Å². The fraction of sp³-hybridized carbons (Fsp3) is 0.500. The van der Waals surface area contributed by atoms with E-state index in [0.29, 0.717) is 0 Å². The first kappa shape index (κ1) is 10.7. The van der Waals surface area contributed by atoms with Gasteiger partial charge in [0.1, 0.15) is 5.78 Å². The smallest absolute Gasteiger partial charge is 0.300 e. The van der Waals surface area contributed by atoms with Crippen LogP contribution in [-0.4, -0.2) is 15.6 Å². The molecule has 1 heterocycles. The molecular weight excluding hydrogens is 197 g/mol. The molecule has 1 aromatic heterocycles. The number of nitrogens with zero attached hydrogens (tertiary/aromatic N) is 2. The van der Waals surface area contributed by atoms with E-state index in [1.54, 1.807) is 0 Å². The van der Waals surface area contributed by atoms with Gasteiger partial charge in [0.05, 0.1) is 0 Å². The summed E-state index contributed by atoms with van der Waals surface area (Å²) in [6.45, 7) is 1.57. The van der Waals surface area contributed by atoms with Crippen molar-refractivity contribution in [3.05, 3.63) is 18.0 Å². The normalized spacial score (nSPS) is 11.7. The molecule has 0 atom stereocenters. The van der Waals surface area contributed by atoms with Crippen molar-refractivity contribution in [1.29, 1.82) is 0 Å². The number of halogens is 3. The van der Waals surface area contributed by atoms with Gasteiger partial charge in [0.15, 0.2) is 5.69 Å². The van der Waals surface area contributed by atoms with Crippen LogP contribution in [0.4, 0.5) is 13.2 Å². The van der Waals surface area contributed by atoms with Crippen molar-refractivity contribution in [1.82, 2.24) is 9.78 Å². The van der Waals surface area contributed by atoms with Gasteiger partial charge >= 0.3 is 6.18 Å². The Hall–Kier alpha value is -1.33. The average molecular weight is 206 g/mol. The van der Waals surface area contributed by atoms with Gasteiger partial charge in [0.25, 0.3) is 0 Å². The minimum atomic E-state index is -4.42. The van der Waals surface area contributed by atoms with Gasteiger partial charge in [0, 0.05) is 19.2 Å². The van der Waals surface area contributed by atoms with Crippen LogP contribution in [0.25, 0.3) is 0 Å². The second kappa shape index (κ2) is 3.81. The molecule has 1 aromatic rings. The van der Waals surface area contributed by atoms with E-state index < -0.39 is 11.9 Å². The van der Waals surface area contributed by atoms with E-state index in [1.807, 2.05) is 0 Å². The van der Waals surface area contributed by atoms with Crippen LogP contribution >= 0.6 is 0 Å². The van der Waals surface area contributed by atoms with Crippen LogP contribution in [-0.2, 0) is 17.5 Å². The van der Waals surface area contributed by atoms with Crippen LogP contribution in [0.1, 0.15) is 19.0 Å². The molecule has 0 bridgehead atoms. The fourth-order valence-corrected chi connectivity index (χ4v) is 0.909. The topological polar surface area (TPSA) is 34.9 Å². The molecule has 0 aliphatic carbocycles. The Morgan fingerprint density at radius 2 is 2.21 bits per heavy atom. The maximum absolute atomic E-state index is 12.1. The zero-order valence-corrected chi connectivity index (χ0v) is 7.51. The third kappa shape index (κ3) is 2.86. The van der Waals surface area contributed by atoms with Gasteiger partial charge in [-0.1, -0.05) is 0 Å². The van der Waals surface area contributed by atoms with Crippen molar-refractivity contribution >= 4 is 5.78 Å². The summed E-state index contributed by atoms with van der Waals surface area (Å²) >= 11 is 0. The lowest BCUT2D eigenvalue weighted by Gasteiger charge is -2.01. The van der Waals surface area contributed by atoms with E-state index in [2.05, 4.69) is 5.10 Å². The predicted molar refractivity (Wildman–Crippen MR) is 42.5 cm³/mol. The van der Waals surface area contributed by atoms with Gasteiger partial charge < -0.3 is 0 Å². The Bertz CT molecular complexity index is 330. The highest BCUT2D eigenvalue weighted by atomic mass is 19.4. The molecule has 0 aromatic carbocycles. The molecule has 6 heteroatoms. The van der Waals surface area contributed by atoms with Crippen LogP contribution in [0.2, 0.25) is 0 Å².